The van der Waals surface area contributed by atoms with Crippen LogP contribution < -0.4 is 0 Å². The standard InChI is InChI=1S/C12H24N2O2S/c1-2-14(17(15,16)12-6-7-12)11-5-10-13-8-3-4-9-13/h12H,2-11H2,1H3. The molecule has 0 aromatic carbocycles. The molecule has 4 nitrogen and oxygen atoms in total. The second kappa shape index (κ2) is 5.67. The molecule has 1 aliphatic heterocycles. The first-order valence-electron chi connectivity index (χ1n) is 6.86. The molecule has 0 spiro atoms. The highest BCUT2D eigenvalue weighted by atomic mass is 32.2. The maximum absolute atomic E-state index is 12.1. The molecule has 0 N–H and O–H groups in total. The zero-order chi connectivity index (χ0) is 12.3. The molecule has 1 saturated carbocycles. The van der Waals surface area contributed by atoms with Crippen molar-refractivity contribution in [2.24, 2.45) is 0 Å². The molecule has 5 heteroatoms. The van der Waals surface area contributed by atoms with Crippen molar-refractivity contribution in [3.63, 3.8) is 0 Å². The van der Waals surface area contributed by atoms with Crippen LogP contribution in [0.15, 0.2) is 0 Å². The summed E-state index contributed by atoms with van der Waals surface area (Å²) in [7, 11) is -2.96. The number of hydrogen-bond donors (Lipinski definition) is 0. The van der Waals surface area contributed by atoms with E-state index >= 15 is 0 Å². The molecule has 0 aromatic rings. The highest BCUT2D eigenvalue weighted by Crippen LogP contribution is 2.30. The van der Waals surface area contributed by atoms with E-state index in [0.717, 1.165) is 25.8 Å². The van der Waals surface area contributed by atoms with E-state index in [1.807, 2.05) is 6.92 Å². The molecule has 2 rings (SSSR count). The second-order valence-corrected chi connectivity index (χ2v) is 7.35. The third-order valence-electron chi connectivity index (χ3n) is 3.74. The Kier molecular flexibility index (Phi) is 4.44. The quantitative estimate of drug-likeness (QED) is 0.692. The van der Waals surface area contributed by atoms with Crippen LogP contribution >= 0.6 is 0 Å². The molecule has 0 bridgehead atoms. The SMILES string of the molecule is CCN(CCCN1CCCC1)S(=O)(=O)C1CC1. The molecule has 1 aliphatic carbocycles. The Labute approximate surface area is 105 Å². The maximum Gasteiger partial charge on any atom is 0.216 e. The topological polar surface area (TPSA) is 40.6 Å². The predicted molar refractivity (Wildman–Crippen MR) is 69.5 cm³/mol. The van der Waals surface area contributed by atoms with Crippen molar-refractivity contribution in [2.75, 3.05) is 32.7 Å². The van der Waals surface area contributed by atoms with Crippen molar-refractivity contribution in [3.05, 3.63) is 0 Å². The Morgan fingerprint density at radius 2 is 1.88 bits per heavy atom. The maximum atomic E-state index is 12.1. The molecule has 1 saturated heterocycles. The number of likely N-dealkylation sites (tertiary alicyclic amines) is 1. The molecule has 0 amide bonds. The Morgan fingerprint density at radius 3 is 2.41 bits per heavy atom. The summed E-state index contributed by atoms with van der Waals surface area (Å²) >= 11 is 0. The number of hydrogen-bond acceptors (Lipinski definition) is 3. The molecule has 0 atom stereocenters. The van der Waals surface area contributed by atoms with Gasteiger partial charge in [0.05, 0.1) is 5.25 Å². The van der Waals surface area contributed by atoms with Crippen LogP contribution in [0.4, 0.5) is 0 Å². The van der Waals surface area contributed by atoms with Crippen LogP contribution in [-0.4, -0.2) is 55.6 Å². The smallest absolute Gasteiger partial charge is 0.216 e. The molecule has 0 radical (unpaired) electrons. The van der Waals surface area contributed by atoms with Gasteiger partial charge in [0.2, 0.25) is 10.0 Å². The monoisotopic (exact) mass is 260 g/mol. The Bertz CT molecular complexity index is 332. The Morgan fingerprint density at radius 1 is 1.24 bits per heavy atom. The van der Waals surface area contributed by atoms with Crippen LogP contribution in [0.1, 0.15) is 39.0 Å². The zero-order valence-corrected chi connectivity index (χ0v) is 11.6. The fourth-order valence-corrected chi connectivity index (χ4v) is 4.42. The average molecular weight is 260 g/mol. The second-order valence-electron chi connectivity index (χ2n) is 5.14. The van der Waals surface area contributed by atoms with Crippen molar-refractivity contribution in [3.8, 4) is 0 Å². The van der Waals surface area contributed by atoms with Crippen molar-refractivity contribution in [1.29, 1.82) is 0 Å². The minimum absolute atomic E-state index is 0.0609. The lowest BCUT2D eigenvalue weighted by atomic mass is 10.4. The first-order valence-corrected chi connectivity index (χ1v) is 8.36. The van der Waals surface area contributed by atoms with E-state index in [9.17, 15) is 8.42 Å². The minimum Gasteiger partial charge on any atom is -0.303 e. The van der Waals surface area contributed by atoms with Crippen LogP contribution in [0.5, 0.6) is 0 Å². The molecular weight excluding hydrogens is 236 g/mol. The number of sulfonamides is 1. The summed E-state index contributed by atoms with van der Waals surface area (Å²) in [6.45, 7) is 6.71. The fraction of sp³-hybridized carbons (Fsp3) is 1.00. The van der Waals surface area contributed by atoms with Gasteiger partial charge in [-0.2, -0.15) is 0 Å². The number of rotatable bonds is 7. The van der Waals surface area contributed by atoms with Crippen LogP contribution in [0.3, 0.4) is 0 Å². The van der Waals surface area contributed by atoms with Gasteiger partial charge < -0.3 is 4.90 Å². The molecule has 2 aliphatic rings. The van der Waals surface area contributed by atoms with Crippen LogP contribution in [0, 0.1) is 0 Å². The fourth-order valence-electron chi connectivity index (χ4n) is 2.52. The summed E-state index contributed by atoms with van der Waals surface area (Å²) in [4.78, 5) is 2.44. The summed E-state index contributed by atoms with van der Waals surface area (Å²) < 4.78 is 25.8. The lowest BCUT2D eigenvalue weighted by molar-refractivity contribution is 0.312. The lowest BCUT2D eigenvalue weighted by Gasteiger charge is -2.22. The molecule has 1 heterocycles. The molecular formula is C12H24N2O2S. The van der Waals surface area contributed by atoms with Gasteiger partial charge in [0.15, 0.2) is 0 Å². The summed E-state index contributed by atoms with van der Waals surface area (Å²) in [5.74, 6) is 0. The van der Waals surface area contributed by atoms with Gasteiger partial charge >= 0.3 is 0 Å². The molecule has 2 fully saturated rings. The molecule has 0 unspecified atom stereocenters. The highest BCUT2D eigenvalue weighted by molar-refractivity contribution is 7.90. The molecule has 100 valence electrons. The van der Waals surface area contributed by atoms with Crippen molar-refractivity contribution in [1.82, 2.24) is 9.21 Å². The van der Waals surface area contributed by atoms with Crippen molar-refractivity contribution >= 4 is 10.0 Å². The largest absolute Gasteiger partial charge is 0.303 e. The van der Waals surface area contributed by atoms with Gasteiger partial charge in [-0.1, -0.05) is 6.92 Å². The van der Waals surface area contributed by atoms with Crippen molar-refractivity contribution < 1.29 is 8.42 Å². The third-order valence-corrected chi connectivity index (χ3v) is 6.21. The lowest BCUT2D eigenvalue weighted by Crippen LogP contribution is -2.36. The van der Waals surface area contributed by atoms with E-state index in [4.69, 9.17) is 0 Å². The van der Waals surface area contributed by atoms with Crippen LogP contribution in [0.2, 0.25) is 0 Å². The van der Waals surface area contributed by atoms with E-state index in [1.165, 1.54) is 25.9 Å². The summed E-state index contributed by atoms with van der Waals surface area (Å²) in [6.07, 6.45) is 5.31. The van der Waals surface area contributed by atoms with E-state index in [0.29, 0.717) is 13.1 Å². The van der Waals surface area contributed by atoms with E-state index in [-0.39, 0.29) is 5.25 Å². The van der Waals surface area contributed by atoms with Crippen LogP contribution in [-0.2, 0) is 10.0 Å². The normalized spacial score (nSPS) is 22.5. The first kappa shape index (κ1) is 13.3. The molecule has 17 heavy (non-hydrogen) atoms. The first-order chi connectivity index (χ1) is 8.14. The van der Waals surface area contributed by atoms with E-state index in [2.05, 4.69) is 4.90 Å². The van der Waals surface area contributed by atoms with Gasteiger partial charge in [-0.25, -0.2) is 12.7 Å². The van der Waals surface area contributed by atoms with Gasteiger partial charge in [-0.05, 0) is 51.7 Å². The van der Waals surface area contributed by atoms with Gasteiger partial charge in [0.25, 0.3) is 0 Å². The number of nitrogens with zero attached hydrogens (tertiary/aromatic N) is 2. The predicted octanol–water partition coefficient (Wildman–Crippen LogP) is 1.29. The summed E-state index contributed by atoms with van der Waals surface area (Å²) in [5.41, 5.74) is 0. The van der Waals surface area contributed by atoms with Gasteiger partial charge in [-0.3, -0.25) is 0 Å². The Hall–Kier alpha value is -0.130. The highest BCUT2D eigenvalue weighted by Gasteiger charge is 2.39. The van der Waals surface area contributed by atoms with Gasteiger partial charge in [0.1, 0.15) is 0 Å². The van der Waals surface area contributed by atoms with E-state index in [1.54, 1.807) is 4.31 Å². The van der Waals surface area contributed by atoms with Gasteiger partial charge in [0, 0.05) is 13.1 Å². The zero-order valence-electron chi connectivity index (χ0n) is 10.8. The van der Waals surface area contributed by atoms with Crippen molar-refractivity contribution in [2.45, 2.75) is 44.3 Å². The minimum atomic E-state index is -2.96. The van der Waals surface area contributed by atoms with Crippen LogP contribution in [0.25, 0.3) is 0 Å². The van der Waals surface area contributed by atoms with Gasteiger partial charge in [-0.15, -0.1) is 0 Å². The Balaban J connectivity index is 1.75. The summed E-state index contributed by atoms with van der Waals surface area (Å²) in [6, 6.07) is 0. The van der Waals surface area contributed by atoms with E-state index < -0.39 is 10.0 Å². The average Bonchev–Trinajstić information content (AvgIpc) is 3.04. The third kappa shape index (κ3) is 3.42. The molecule has 0 aromatic heterocycles. The summed E-state index contributed by atoms with van der Waals surface area (Å²) in [5, 5.41) is -0.0609.